The van der Waals surface area contributed by atoms with Gasteiger partial charge in [-0.1, -0.05) is 29.8 Å². The molecular formula is C15H13N5O. The summed E-state index contributed by atoms with van der Waals surface area (Å²) in [4.78, 5) is 12.2. The van der Waals surface area contributed by atoms with Crippen molar-refractivity contribution in [2.75, 3.05) is 5.32 Å². The zero-order valence-electron chi connectivity index (χ0n) is 11.4. The second kappa shape index (κ2) is 5.54. The number of carbonyl (C=O) groups excluding carboxylic acids is 1. The summed E-state index contributed by atoms with van der Waals surface area (Å²) in [7, 11) is 0. The van der Waals surface area contributed by atoms with Crippen LogP contribution in [0.25, 0.3) is 11.4 Å². The Morgan fingerprint density at radius 1 is 1.14 bits per heavy atom. The minimum absolute atomic E-state index is 0.149. The lowest BCUT2D eigenvalue weighted by Gasteiger charge is -2.06. The molecule has 104 valence electrons. The fraction of sp³-hybridized carbons (Fsp3) is 0.0667. The Hall–Kier alpha value is -3.02. The number of nitrogens with zero attached hydrogens (tertiary/aromatic N) is 3. The first kappa shape index (κ1) is 13.0. The van der Waals surface area contributed by atoms with Crippen LogP contribution in [0.15, 0.2) is 48.5 Å². The van der Waals surface area contributed by atoms with E-state index < -0.39 is 0 Å². The van der Waals surface area contributed by atoms with Gasteiger partial charge in [0, 0.05) is 16.8 Å². The van der Waals surface area contributed by atoms with Crippen LogP contribution in [0, 0.1) is 6.92 Å². The number of aromatic nitrogens is 4. The van der Waals surface area contributed by atoms with Crippen LogP contribution in [-0.2, 0) is 0 Å². The van der Waals surface area contributed by atoms with E-state index in [1.165, 1.54) is 0 Å². The fourth-order valence-electron chi connectivity index (χ4n) is 2.01. The van der Waals surface area contributed by atoms with Gasteiger partial charge in [-0.3, -0.25) is 4.79 Å². The number of rotatable bonds is 3. The number of aromatic amines is 1. The normalized spacial score (nSPS) is 10.3. The van der Waals surface area contributed by atoms with Crippen molar-refractivity contribution in [2.45, 2.75) is 6.92 Å². The summed E-state index contributed by atoms with van der Waals surface area (Å²) in [5.74, 6) is 0.339. The maximum Gasteiger partial charge on any atom is 0.255 e. The molecule has 1 aromatic heterocycles. The quantitative estimate of drug-likeness (QED) is 0.771. The van der Waals surface area contributed by atoms with Gasteiger partial charge in [0.05, 0.1) is 0 Å². The topological polar surface area (TPSA) is 83.6 Å². The van der Waals surface area contributed by atoms with Gasteiger partial charge in [0.15, 0.2) is 0 Å². The molecule has 0 aliphatic heterocycles. The van der Waals surface area contributed by atoms with E-state index >= 15 is 0 Å². The van der Waals surface area contributed by atoms with Crippen LogP contribution in [0.3, 0.4) is 0 Å². The van der Waals surface area contributed by atoms with Crippen molar-refractivity contribution >= 4 is 11.6 Å². The Morgan fingerprint density at radius 3 is 2.76 bits per heavy atom. The molecule has 2 N–H and O–H groups in total. The molecule has 0 bridgehead atoms. The molecule has 1 heterocycles. The van der Waals surface area contributed by atoms with Gasteiger partial charge in [0.25, 0.3) is 5.91 Å². The molecule has 21 heavy (non-hydrogen) atoms. The Balaban J connectivity index is 1.82. The van der Waals surface area contributed by atoms with Gasteiger partial charge in [-0.2, -0.15) is 5.21 Å². The average Bonchev–Trinajstić information content (AvgIpc) is 3.02. The molecular weight excluding hydrogens is 266 g/mol. The third-order valence-electron chi connectivity index (χ3n) is 3.00. The second-order valence-corrected chi connectivity index (χ2v) is 4.64. The minimum atomic E-state index is -0.149. The van der Waals surface area contributed by atoms with Gasteiger partial charge >= 0.3 is 0 Å². The average molecular weight is 279 g/mol. The molecule has 3 rings (SSSR count). The van der Waals surface area contributed by atoms with Gasteiger partial charge < -0.3 is 5.32 Å². The molecule has 0 unspecified atom stereocenters. The predicted molar refractivity (Wildman–Crippen MR) is 78.7 cm³/mol. The fourth-order valence-corrected chi connectivity index (χ4v) is 2.01. The zero-order chi connectivity index (χ0) is 14.7. The first-order valence-electron chi connectivity index (χ1n) is 6.44. The molecule has 0 aliphatic rings. The van der Waals surface area contributed by atoms with Crippen LogP contribution in [0.5, 0.6) is 0 Å². The summed E-state index contributed by atoms with van der Waals surface area (Å²) in [5.41, 5.74) is 3.14. The summed E-state index contributed by atoms with van der Waals surface area (Å²) in [5, 5.41) is 16.6. The highest BCUT2D eigenvalue weighted by atomic mass is 16.1. The smallest absolute Gasteiger partial charge is 0.255 e. The van der Waals surface area contributed by atoms with Gasteiger partial charge in [0.1, 0.15) is 0 Å². The first-order valence-corrected chi connectivity index (χ1v) is 6.44. The highest BCUT2D eigenvalue weighted by molar-refractivity contribution is 6.04. The standard InChI is InChI=1S/C15H13N5O/c1-10-4-2-6-12(8-10)15(21)16-13-7-3-5-11(9-13)14-17-19-20-18-14/h2-9H,1H3,(H,16,21)(H,17,18,19,20). The Kier molecular flexibility index (Phi) is 3.42. The molecule has 0 radical (unpaired) electrons. The van der Waals surface area contributed by atoms with Crippen molar-refractivity contribution in [3.05, 3.63) is 59.7 Å². The van der Waals surface area contributed by atoms with Gasteiger partial charge in [-0.25, -0.2) is 0 Å². The lowest BCUT2D eigenvalue weighted by atomic mass is 10.1. The molecule has 0 saturated carbocycles. The van der Waals surface area contributed by atoms with Crippen LogP contribution in [0.2, 0.25) is 0 Å². The van der Waals surface area contributed by atoms with E-state index in [0.717, 1.165) is 11.1 Å². The highest BCUT2D eigenvalue weighted by Gasteiger charge is 2.08. The van der Waals surface area contributed by atoms with Gasteiger partial charge in [-0.05, 0) is 36.4 Å². The van der Waals surface area contributed by atoms with Crippen molar-refractivity contribution in [2.24, 2.45) is 0 Å². The van der Waals surface area contributed by atoms with Crippen LogP contribution in [0.4, 0.5) is 5.69 Å². The van der Waals surface area contributed by atoms with E-state index in [4.69, 9.17) is 0 Å². The molecule has 0 fully saturated rings. The first-order chi connectivity index (χ1) is 10.2. The molecule has 0 aliphatic carbocycles. The van der Waals surface area contributed by atoms with Gasteiger partial charge in [0.2, 0.25) is 5.82 Å². The number of benzene rings is 2. The number of hydrogen-bond acceptors (Lipinski definition) is 4. The predicted octanol–water partition coefficient (Wildman–Crippen LogP) is 2.43. The van der Waals surface area contributed by atoms with Crippen molar-refractivity contribution in [3.8, 4) is 11.4 Å². The zero-order valence-corrected chi connectivity index (χ0v) is 11.4. The minimum Gasteiger partial charge on any atom is -0.322 e. The number of nitrogens with one attached hydrogen (secondary N) is 2. The Bertz CT molecular complexity index is 767. The summed E-state index contributed by atoms with van der Waals surface area (Å²) < 4.78 is 0. The maximum atomic E-state index is 12.2. The Labute approximate surface area is 121 Å². The van der Waals surface area contributed by atoms with Crippen LogP contribution in [0.1, 0.15) is 15.9 Å². The third-order valence-corrected chi connectivity index (χ3v) is 3.00. The largest absolute Gasteiger partial charge is 0.322 e. The van der Waals surface area contributed by atoms with Crippen LogP contribution >= 0.6 is 0 Å². The number of aryl methyl sites for hydroxylation is 1. The summed E-state index contributed by atoms with van der Waals surface area (Å²) in [6.07, 6.45) is 0. The van der Waals surface area contributed by atoms with E-state index in [0.29, 0.717) is 17.1 Å². The molecule has 0 atom stereocenters. The number of H-pyrrole nitrogens is 1. The van der Waals surface area contributed by atoms with E-state index in [2.05, 4.69) is 25.9 Å². The van der Waals surface area contributed by atoms with Crippen molar-refractivity contribution in [1.29, 1.82) is 0 Å². The molecule has 6 heteroatoms. The second-order valence-electron chi connectivity index (χ2n) is 4.64. The van der Waals surface area contributed by atoms with E-state index in [1.807, 2.05) is 43.3 Å². The number of tetrazole rings is 1. The SMILES string of the molecule is Cc1cccc(C(=O)Nc2cccc(-c3nn[nH]n3)c2)c1. The van der Waals surface area contributed by atoms with Crippen molar-refractivity contribution in [3.63, 3.8) is 0 Å². The van der Waals surface area contributed by atoms with E-state index in [1.54, 1.807) is 12.1 Å². The summed E-state index contributed by atoms with van der Waals surface area (Å²) in [6, 6.07) is 14.7. The lowest BCUT2D eigenvalue weighted by Crippen LogP contribution is -2.11. The van der Waals surface area contributed by atoms with E-state index in [9.17, 15) is 4.79 Å². The number of anilines is 1. The monoisotopic (exact) mass is 279 g/mol. The number of amides is 1. The maximum absolute atomic E-state index is 12.2. The van der Waals surface area contributed by atoms with Crippen LogP contribution in [-0.4, -0.2) is 26.5 Å². The molecule has 3 aromatic rings. The van der Waals surface area contributed by atoms with Gasteiger partial charge in [-0.15, -0.1) is 10.2 Å². The van der Waals surface area contributed by atoms with Crippen molar-refractivity contribution in [1.82, 2.24) is 20.6 Å². The van der Waals surface area contributed by atoms with E-state index in [-0.39, 0.29) is 5.91 Å². The summed E-state index contributed by atoms with van der Waals surface area (Å²) >= 11 is 0. The van der Waals surface area contributed by atoms with Crippen LogP contribution < -0.4 is 5.32 Å². The van der Waals surface area contributed by atoms with Crippen molar-refractivity contribution < 1.29 is 4.79 Å². The molecule has 0 saturated heterocycles. The highest BCUT2D eigenvalue weighted by Crippen LogP contribution is 2.19. The third kappa shape index (κ3) is 2.94. The number of carbonyl (C=O) groups is 1. The molecule has 0 spiro atoms. The lowest BCUT2D eigenvalue weighted by molar-refractivity contribution is 0.102. The number of hydrogen-bond donors (Lipinski definition) is 2. The Morgan fingerprint density at radius 2 is 2.00 bits per heavy atom. The summed E-state index contributed by atoms with van der Waals surface area (Å²) in [6.45, 7) is 1.95. The molecule has 2 aromatic carbocycles. The molecule has 1 amide bonds. The molecule has 6 nitrogen and oxygen atoms in total.